The van der Waals surface area contributed by atoms with Gasteiger partial charge in [-0.25, -0.2) is 5.10 Å². The van der Waals surface area contributed by atoms with Gasteiger partial charge in [0.1, 0.15) is 0 Å². The smallest absolute Gasteiger partial charge is 0.336 e. The Kier molecular flexibility index (Phi) is 2.54. The van der Waals surface area contributed by atoms with Crippen molar-refractivity contribution in [1.29, 1.82) is 0 Å². The predicted molar refractivity (Wildman–Crippen MR) is 54.1 cm³/mol. The van der Waals surface area contributed by atoms with Gasteiger partial charge in [-0.2, -0.15) is 10.1 Å². The van der Waals surface area contributed by atoms with Crippen molar-refractivity contribution in [3.8, 4) is 6.01 Å². The first kappa shape index (κ1) is 10.1. The van der Waals surface area contributed by atoms with Gasteiger partial charge in [0.15, 0.2) is 5.69 Å². The Morgan fingerprint density at radius 1 is 1.62 bits per heavy atom. The number of H-pyrrole nitrogens is 1. The summed E-state index contributed by atoms with van der Waals surface area (Å²) in [6.07, 6.45) is 1.68. The van der Waals surface area contributed by atoms with Gasteiger partial charge in [-0.3, -0.25) is 14.8 Å². The van der Waals surface area contributed by atoms with E-state index in [9.17, 15) is 4.79 Å². The molecule has 0 aromatic carbocycles. The number of nitrogens with zero attached hydrogens (tertiary/aromatic N) is 4. The first-order valence-electron chi connectivity index (χ1n) is 4.46. The largest absolute Gasteiger partial charge is 0.466 e. The van der Waals surface area contributed by atoms with Crippen LogP contribution in [0.1, 0.15) is 10.5 Å². The molecule has 2 N–H and O–H groups in total. The van der Waals surface area contributed by atoms with Gasteiger partial charge >= 0.3 is 6.01 Å². The number of aryl methyl sites for hydroxylation is 1. The number of carbonyl (C=O) groups is 1. The summed E-state index contributed by atoms with van der Waals surface area (Å²) in [4.78, 5) is 15.5. The average molecular weight is 222 g/mol. The second-order valence-corrected chi connectivity index (χ2v) is 3.00. The third-order valence-corrected chi connectivity index (χ3v) is 1.83. The minimum Gasteiger partial charge on any atom is -0.466 e. The molecule has 0 spiro atoms. The van der Waals surface area contributed by atoms with Crippen molar-refractivity contribution in [2.24, 2.45) is 7.05 Å². The number of nitrogens with one attached hydrogen (secondary N) is 2. The van der Waals surface area contributed by atoms with Crippen molar-refractivity contribution in [3.63, 3.8) is 0 Å². The van der Waals surface area contributed by atoms with Gasteiger partial charge in [-0.1, -0.05) is 0 Å². The van der Waals surface area contributed by atoms with Crippen LogP contribution in [0.2, 0.25) is 0 Å². The highest BCUT2D eigenvalue weighted by Crippen LogP contribution is 2.06. The first-order chi connectivity index (χ1) is 7.69. The van der Waals surface area contributed by atoms with Crippen LogP contribution in [0.15, 0.2) is 12.3 Å². The van der Waals surface area contributed by atoms with Crippen LogP contribution in [0.25, 0.3) is 0 Å². The molecule has 2 heterocycles. The minimum absolute atomic E-state index is 0.163. The molecule has 84 valence electrons. The summed E-state index contributed by atoms with van der Waals surface area (Å²) in [6.45, 7) is 0. The fraction of sp³-hybridized carbons (Fsp3) is 0.250. The number of amides is 1. The van der Waals surface area contributed by atoms with Crippen LogP contribution in [0.4, 0.5) is 5.95 Å². The Hall–Kier alpha value is -2.38. The van der Waals surface area contributed by atoms with Crippen LogP contribution in [-0.4, -0.2) is 38.0 Å². The number of anilines is 1. The summed E-state index contributed by atoms with van der Waals surface area (Å²) >= 11 is 0. The Morgan fingerprint density at radius 3 is 3.00 bits per heavy atom. The summed E-state index contributed by atoms with van der Waals surface area (Å²) in [7, 11) is 3.17. The fourth-order valence-corrected chi connectivity index (χ4v) is 1.10. The maximum Gasteiger partial charge on any atom is 0.336 e. The topological polar surface area (TPSA) is 97.7 Å². The second-order valence-electron chi connectivity index (χ2n) is 3.00. The van der Waals surface area contributed by atoms with E-state index in [0.29, 0.717) is 5.69 Å². The van der Waals surface area contributed by atoms with Crippen molar-refractivity contribution in [3.05, 3.63) is 18.0 Å². The van der Waals surface area contributed by atoms with Crippen molar-refractivity contribution in [2.45, 2.75) is 0 Å². The standard InChI is InChI=1S/C8H10N6O2/c1-14-4-3-5(13-14)6(15)9-7-10-8(16-2)12-11-7/h3-4H,1-2H3,(H2,9,10,11,12,15). The first-order valence-corrected chi connectivity index (χ1v) is 4.46. The zero-order valence-corrected chi connectivity index (χ0v) is 8.76. The van der Waals surface area contributed by atoms with E-state index in [1.54, 1.807) is 19.3 Å². The third kappa shape index (κ3) is 2.00. The molecule has 16 heavy (non-hydrogen) atoms. The molecule has 0 bridgehead atoms. The lowest BCUT2D eigenvalue weighted by atomic mass is 10.4. The van der Waals surface area contributed by atoms with Gasteiger partial charge < -0.3 is 4.74 Å². The molecular weight excluding hydrogens is 212 g/mol. The molecule has 8 heteroatoms. The van der Waals surface area contributed by atoms with Crippen molar-refractivity contribution >= 4 is 11.9 Å². The number of aromatic nitrogens is 5. The van der Waals surface area contributed by atoms with Crippen LogP contribution >= 0.6 is 0 Å². The molecule has 0 fully saturated rings. The number of aromatic amines is 1. The van der Waals surface area contributed by atoms with E-state index < -0.39 is 0 Å². The van der Waals surface area contributed by atoms with E-state index in [1.807, 2.05) is 0 Å². The summed E-state index contributed by atoms with van der Waals surface area (Å²) < 4.78 is 6.30. The number of ether oxygens (including phenoxy) is 1. The Labute approximate surface area is 90.6 Å². The van der Waals surface area contributed by atoms with E-state index in [0.717, 1.165) is 0 Å². The molecule has 0 saturated heterocycles. The van der Waals surface area contributed by atoms with Gasteiger partial charge in [0.05, 0.1) is 7.11 Å². The van der Waals surface area contributed by atoms with Crippen LogP contribution in [0, 0.1) is 0 Å². The molecule has 8 nitrogen and oxygen atoms in total. The number of carbonyl (C=O) groups excluding carboxylic acids is 1. The number of methoxy groups -OCH3 is 1. The maximum absolute atomic E-state index is 11.6. The van der Waals surface area contributed by atoms with Crippen LogP contribution < -0.4 is 10.1 Å². The minimum atomic E-state index is -0.362. The van der Waals surface area contributed by atoms with Crippen molar-refractivity contribution in [1.82, 2.24) is 25.0 Å². The monoisotopic (exact) mass is 222 g/mol. The van der Waals surface area contributed by atoms with Gasteiger partial charge in [-0.15, -0.1) is 5.10 Å². The van der Waals surface area contributed by atoms with Gasteiger partial charge in [0, 0.05) is 13.2 Å². The lowest BCUT2D eigenvalue weighted by Crippen LogP contribution is -2.14. The molecule has 0 aliphatic heterocycles. The summed E-state index contributed by atoms with van der Waals surface area (Å²) in [5.41, 5.74) is 0.304. The van der Waals surface area contributed by atoms with Crippen LogP contribution in [0.3, 0.4) is 0 Å². The Balaban J connectivity index is 2.07. The van der Waals surface area contributed by atoms with E-state index in [2.05, 4.69) is 25.6 Å². The Morgan fingerprint density at radius 2 is 2.44 bits per heavy atom. The van der Waals surface area contributed by atoms with E-state index >= 15 is 0 Å². The van der Waals surface area contributed by atoms with Crippen molar-refractivity contribution < 1.29 is 9.53 Å². The highest BCUT2D eigenvalue weighted by Gasteiger charge is 2.11. The normalized spacial score (nSPS) is 10.1. The molecule has 0 aliphatic rings. The number of hydrogen-bond acceptors (Lipinski definition) is 5. The van der Waals surface area contributed by atoms with Gasteiger partial charge in [0.25, 0.3) is 5.91 Å². The zero-order valence-electron chi connectivity index (χ0n) is 8.76. The molecule has 0 radical (unpaired) electrons. The van der Waals surface area contributed by atoms with Gasteiger partial charge in [0.2, 0.25) is 5.95 Å². The van der Waals surface area contributed by atoms with E-state index in [-0.39, 0.29) is 17.9 Å². The number of hydrogen-bond donors (Lipinski definition) is 2. The van der Waals surface area contributed by atoms with Gasteiger partial charge in [-0.05, 0) is 6.07 Å². The van der Waals surface area contributed by atoms with Crippen molar-refractivity contribution in [2.75, 3.05) is 12.4 Å². The SMILES string of the molecule is COc1n[nH]c(NC(=O)c2ccn(C)n2)n1. The quantitative estimate of drug-likeness (QED) is 0.749. The Bertz CT molecular complexity index is 502. The molecule has 0 unspecified atom stereocenters. The zero-order chi connectivity index (χ0) is 11.5. The number of rotatable bonds is 3. The third-order valence-electron chi connectivity index (χ3n) is 1.83. The highest BCUT2D eigenvalue weighted by atomic mass is 16.5. The lowest BCUT2D eigenvalue weighted by Gasteiger charge is -1.96. The molecule has 2 aromatic heterocycles. The molecular formula is C8H10N6O2. The molecule has 0 aliphatic carbocycles. The average Bonchev–Trinajstić information content (AvgIpc) is 2.87. The molecule has 0 atom stereocenters. The molecule has 1 amide bonds. The highest BCUT2D eigenvalue weighted by molar-refractivity contribution is 6.01. The van der Waals surface area contributed by atoms with E-state index in [4.69, 9.17) is 4.74 Å². The summed E-state index contributed by atoms with van der Waals surface area (Å²) in [5.74, 6) is -0.146. The predicted octanol–water partition coefficient (Wildman–Crippen LogP) is -0.201. The summed E-state index contributed by atoms with van der Waals surface area (Å²) in [6, 6.07) is 1.76. The summed E-state index contributed by atoms with van der Waals surface area (Å²) in [5, 5.41) is 12.6. The molecule has 0 saturated carbocycles. The fourth-order valence-electron chi connectivity index (χ4n) is 1.10. The van der Waals surface area contributed by atoms with Crippen LogP contribution in [-0.2, 0) is 7.05 Å². The van der Waals surface area contributed by atoms with E-state index in [1.165, 1.54) is 11.8 Å². The molecule has 2 aromatic rings. The lowest BCUT2D eigenvalue weighted by molar-refractivity contribution is 0.102. The maximum atomic E-state index is 11.6. The molecule has 2 rings (SSSR count). The second kappa shape index (κ2) is 4.01. The van der Waals surface area contributed by atoms with Crippen LogP contribution in [0.5, 0.6) is 6.01 Å².